The van der Waals surface area contributed by atoms with Gasteiger partial charge in [-0.25, -0.2) is 0 Å². The van der Waals surface area contributed by atoms with E-state index in [1.54, 1.807) is 0 Å². The zero-order valence-electron chi connectivity index (χ0n) is 18.2. The van der Waals surface area contributed by atoms with Crippen molar-refractivity contribution in [1.29, 1.82) is 0 Å². The molecule has 0 aromatic heterocycles. The molecule has 0 radical (unpaired) electrons. The monoisotopic (exact) mass is 562 g/mol. The molecule has 31 heavy (non-hydrogen) atoms. The number of ether oxygens (including phenoxy) is 3. The summed E-state index contributed by atoms with van der Waals surface area (Å²) in [5, 5.41) is 9.99. The third-order valence-corrected chi connectivity index (χ3v) is 5.67. The molecule has 1 N–H and O–H groups in total. The maximum Gasteiger partial charge on any atom is 0.119 e. The topological polar surface area (TPSA) is 57.2 Å². The summed E-state index contributed by atoms with van der Waals surface area (Å²) < 4.78 is 21.7. The van der Waals surface area contributed by atoms with Crippen molar-refractivity contribution in [2.75, 3.05) is 38.9 Å². The van der Waals surface area contributed by atoms with Gasteiger partial charge in [-0.05, 0) is 48.2 Å². The number of rotatable bonds is 15. The number of hydrogen-bond donors (Lipinski definition) is 1. The predicted octanol–water partition coefficient (Wildman–Crippen LogP) is 5.53. The molecule has 0 aliphatic heterocycles. The summed E-state index contributed by atoms with van der Waals surface area (Å²) in [5.41, 5.74) is 2.21. The van der Waals surface area contributed by atoms with Crippen LogP contribution in [0.15, 0.2) is 48.5 Å². The standard InChI is InChI=1S/C24H32ClIO5/c1-24(2,19-5-9-22(10-6-19)29-15-3-13-25)20-7-11-23(12-8-20)30-18-21(27)17-28-14-4-16-31-26/h5-12,21,27H,3-4,13-18H2,1-2H3/t21-/m1/s1. The fourth-order valence-electron chi connectivity index (χ4n) is 3.02. The van der Waals surface area contributed by atoms with E-state index >= 15 is 0 Å². The quantitative estimate of drug-likeness (QED) is 0.176. The molecular weight excluding hydrogens is 531 g/mol. The van der Waals surface area contributed by atoms with Crippen molar-refractivity contribution < 1.29 is 22.4 Å². The van der Waals surface area contributed by atoms with Gasteiger partial charge in [0.15, 0.2) is 0 Å². The average molecular weight is 563 g/mol. The largest absolute Gasteiger partial charge is 0.494 e. The number of alkyl halides is 1. The van der Waals surface area contributed by atoms with E-state index < -0.39 is 6.10 Å². The van der Waals surface area contributed by atoms with Gasteiger partial charge < -0.3 is 22.4 Å². The highest BCUT2D eigenvalue weighted by atomic mass is 127. The molecule has 1 atom stereocenters. The second-order valence-electron chi connectivity index (χ2n) is 7.77. The summed E-state index contributed by atoms with van der Waals surface area (Å²) in [6.07, 6.45) is 0.973. The molecule has 0 saturated carbocycles. The van der Waals surface area contributed by atoms with Crippen molar-refractivity contribution in [3.8, 4) is 11.5 Å². The van der Waals surface area contributed by atoms with Crippen LogP contribution in [0.4, 0.5) is 0 Å². The SMILES string of the molecule is CC(C)(c1ccc(OCCCCl)cc1)c1ccc(OC[C@H](O)COCCCOI)cc1. The van der Waals surface area contributed by atoms with E-state index in [9.17, 15) is 5.11 Å². The highest BCUT2D eigenvalue weighted by Gasteiger charge is 2.23. The van der Waals surface area contributed by atoms with Crippen LogP contribution in [0.5, 0.6) is 11.5 Å². The van der Waals surface area contributed by atoms with E-state index in [1.807, 2.05) is 47.3 Å². The van der Waals surface area contributed by atoms with Gasteiger partial charge >= 0.3 is 0 Å². The Labute approximate surface area is 204 Å². The Morgan fingerprint density at radius 3 is 1.97 bits per heavy atom. The third kappa shape index (κ3) is 9.14. The fourth-order valence-corrected chi connectivity index (χ4v) is 3.44. The Bertz CT molecular complexity index is 737. The molecule has 7 heteroatoms. The molecule has 0 spiro atoms. The summed E-state index contributed by atoms with van der Waals surface area (Å²) in [7, 11) is 0. The second-order valence-corrected chi connectivity index (χ2v) is 8.77. The van der Waals surface area contributed by atoms with Crippen molar-refractivity contribution in [3.63, 3.8) is 0 Å². The highest BCUT2D eigenvalue weighted by molar-refractivity contribution is 14.1. The summed E-state index contributed by atoms with van der Waals surface area (Å²) in [4.78, 5) is 0. The molecule has 172 valence electrons. The molecule has 0 bridgehead atoms. The van der Waals surface area contributed by atoms with Crippen LogP contribution in [-0.2, 0) is 13.2 Å². The summed E-state index contributed by atoms with van der Waals surface area (Å²) in [5.74, 6) is 2.18. The summed E-state index contributed by atoms with van der Waals surface area (Å²) in [6.45, 7) is 6.65. The van der Waals surface area contributed by atoms with Crippen LogP contribution < -0.4 is 9.47 Å². The highest BCUT2D eigenvalue weighted by Crippen LogP contribution is 2.33. The van der Waals surface area contributed by atoms with Gasteiger partial charge in [0.25, 0.3) is 0 Å². The summed E-state index contributed by atoms with van der Waals surface area (Å²) >= 11 is 7.55. The molecule has 0 saturated heterocycles. The zero-order chi connectivity index (χ0) is 22.5. The first kappa shape index (κ1) is 26.2. The lowest BCUT2D eigenvalue weighted by Crippen LogP contribution is -2.24. The van der Waals surface area contributed by atoms with Crippen LogP contribution in [-0.4, -0.2) is 50.1 Å². The Kier molecular flexibility index (Phi) is 12.0. The minimum Gasteiger partial charge on any atom is -0.494 e. The van der Waals surface area contributed by atoms with E-state index in [-0.39, 0.29) is 18.6 Å². The van der Waals surface area contributed by atoms with Gasteiger partial charge in [0.2, 0.25) is 0 Å². The van der Waals surface area contributed by atoms with Gasteiger partial charge in [0.05, 0.1) is 19.8 Å². The number of hydrogen-bond acceptors (Lipinski definition) is 5. The molecule has 0 aliphatic carbocycles. The van der Waals surface area contributed by atoms with Crippen LogP contribution in [0, 0.1) is 0 Å². The van der Waals surface area contributed by atoms with Crippen molar-refractivity contribution in [2.45, 2.75) is 38.2 Å². The van der Waals surface area contributed by atoms with Crippen LogP contribution in [0.3, 0.4) is 0 Å². The van der Waals surface area contributed by atoms with Crippen LogP contribution in [0.25, 0.3) is 0 Å². The first-order valence-electron chi connectivity index (χ1n) is 10.5. The minimum atomic E-state index is -0.665. The van der Waals surface area contributed by atoms with E-state index in [4.69, 9.17) is 28.9 Å². The van der Waals surface area contributed by atoms with Crippen molar-refractivity contribution in [2.24, 2.45) is 0 Å². The maximum atomic E-state index is 9.99. The molecule has 5 nitrogen and oxygen atoms in total. The minimum absolute atomic E-state index is 0.164. The molecule has 0 fully saturated rings. The van der Waals surface area contributed by atoms with Crippen LogP contribution >= 0.6 is 34.6 Å². The van der Waals surface area contributed by atoms with Gasteiger partial charge in [-0.2, -0.15) is 0 Å². The molecule has 2 aromatic carbocycles. The molecule has 0 heterocycles. The van der Waals surface area contributed by atoms with Gasteiger partial charge in [0, 0.05) is 17.9 Å². The van der Waals surface area contributed by atoms with E-state index in [2.05, 4.69) is 38.1 Å². The lowest BCUT2D eigenvalue weighted by Gasteiger charge is -2.26. The normalized spacial score (nSPS) is 12.5. The number of halogens is 2. The smallest absolute Gasteiger partial charge is 0.119 e. The van der Waals surface area contributed by atoms with Crippen molar-refractivity contribution in [3.05, 3.63) is 59.7 Å². The van der Waals surface area contributed by atoms with Gasteiger partial charge in [0.1, 0.15) is 47.2 Å². The Morgan fingerprint density at radius 1 is 0.839 bits per heavy atom. The Hall–Kier alpha value is -1.06. The Balaban J connectivity index is 1.85. The zero-order valence-corrected chi connectivity index (χ0v) is 21.1. The van der Waals surface area contributed by atoms with Crippen molar-refractivity contribution >= 4 is 34.6 Å². The van der Waals surface area contributed by atoms with E-state index in [0.29, 0.717) is 25.7 Å². The van der Waals surface area contributed by atoms with Gasteiger partial charge in [-0.15, -0.1) is 11.6 Å². The third-order valence-electron chi connectivity index (χ3n) is 4.96. The first-order chi connectivity index (χ1) is 15.0. The lowest BCUT2D eigenvalue weighted by molar-refractivity contribution is 0.00988. The number of aliphatic hydroxyl groups excluding tert-OH is 1. The number of benzene rings is 2. The molecular formula is C24H32ClIO5. The van der Waals surface area contributed by atoms with Crippen molar-refractivity contribution in [1.82, 2.24) is 0 Å². The van der Waals surface area contributed by atoms with Crippen LogP contribution in [0.2, 0.25) is 0 Å². The average Bonchev–Trinajstić information content (AvgIpc) is 2.78. The molecule has 0 amide bonds. The summed E-state index contributed by atoms with van der Waals surface area (Å²) in [6, 6.07) is 16.2. The molecule has 0 unspecified atom stereocenters. The van der Waals surface area contributed by atoms with Gasteiger partial charge in [-0.3, -0.25) is 0 Å². The predicted molar refractivity (Wildman–Crippen MR) is 133 cm³/mol. The second kappa shape index (κ2) is 14.2. The maximum absolute atomic E-state index is 9.99. The fraction of sp³-hybridized carbons (Fsp3) is 0.500. The van der Waals surface area contributed by atoms with E-state index in [0.717, 1.165) is 24.3 Å². The van der Waals surface area contributed by atoms with Crippen LogP contribution in [0.1, 0.15) is 37.8 Å². The van der Waals surface area contributed by atoms with Gasteiger partial charge in [-0.1, -0.05) is 38.1 Å². The van der Waals surface area contributed by atoms with E-state index in [1.165, 1.54) is 11.1 Å². The lowest BCUT2D eigenvalue weighted by atomic mass is 9.78. The first-order valence-corrected chi connectivity index (χ1v) is 11.9. The molecule has 2 aromatic rings. The Morgan fingerprint density at radius 2 is 1.42 bits per heavy atom. The molecule has 2 rings (SSSR count). The number of aliphatic hydroxyl groups is 1. The molecule has 0 aliphatic rings.